The highest BCUT2D eigenvalue weighted by atomic mass is 35.5. The SMILES string of the molecule is CC1CC1Nc1nc(Cl)nc2cccc(-c3ccccc3)c12. The van der Waals surface area contributed by atoms with Crippen molar-refractivity contribution in [3.63, 3.8) is 0 Å². The Morgan fingerprint density at radius 2 is 1.82 bits per heavy atom. The Balaban J connectivity index is 1.93. The average Bonchev–Trinajstić information content (AvgIpc) is 3.22. The number of fused-ring (bicyclic) bond motifs is 1. The van der Waals surface area contributed by atoms with Crippen LogP contribution in [-0.2, 0) is 0 Å². The molecule has 4 heteroatoms. The largest absolute Gasteiger partial charge is 0.366 e. The van der Waals surface area contributed by atoms with Crippen molar-refractivity contribution in [2.24, 2.45) is 5.92 Å². The van der Waals surface area contributed by atoms with Gasteiger partial charge in [0.15, 0.2) is 0 Å². The minimum absolute atomic E-state index is 0.286. The molecule has 1 saturated carbocycles. The summed E-state index contributed by atoms with van der Waals surface area (Å²) in [6.07, 6.45) is 1.18. The Hall–Kier alpha value is -2.13. The molecular weight excluding hydrogens is 294 g/mol. The molecule has 0 bridgehead atoms. The Morgan fingerprint density at radius 1 is 1.05 bits per heavy atom. The van der Waals surface area contributed by atoms with Crippen LogP contribution in [0.5, 0.6) is 0 Å². The van der Waals surface area contributed by atoms with Gasteiger partial charge in [-0.2, -0.15) is 0 Å². The van der Waals surface area contributed by atoms with Crippen molar-refractivity contribution in [3.05, 3.63) is 53.8 Å². The summed E-state index contributed by atoms with van der Waals surface area (Å²) >= 11 is 6.10. The molecule has 3 nitrogen and oxygen atoms in total. The zero-order valence-electron chi connectivity index (χ0n) is 12.3. The molecule has 2 atom stereocenters. The smallest absolute Gasteiger partial charge is 0.224 e. The van der Waals surface area contributed by atoms with Gasteiger partial charge in [0.1, 0.15) is 5.82 Å². The van der Waals surface area contributed by atoms with E-state index in [1.807, 2.05) is 30.3 Å². The summed E-state index contributed by atoms with van der Waals surface area (Å²) in [5.41, 5.74) is 3.16. The molecule has 0 spiro atoms. The van der Waals surface area contributed by atoms with Crippen LogP contribution in [0.15, 0.2) is 48.5 Å². The zero-order valence-corrected chi connectivity index (χ0v) is 13.0. The number of nitrogens with zero attached hydrogens (tertiary/aromatic N) is 2. The van der Waals surface area contributed by atoms with E-state index in [0.717, 1.165) is 27.8 Å². The highest BCUT2D eigenvalue weighted by Gasteiger charge is 2.33. The van der Waals surface area contributed by atoms with Gasteiger partial charge in [-0.15, -0.1) is 0 Å². The van der Waals surface area contributed by atoms with Gasteiger partial charge >= 0.3 is 0 Å². The van der Waals surface area contributed by atoms with Crippen molar-refractivity contribution >= 4 is 28.3 Å². The minimum atomic E-state index is 0.286. The molecule has 0 radical (unpaired) electrons. The number of halogens is 1. The molecule has 110 valence electrons. The second-order valence-corrected chi connectivity index (χ2v) is 6.21. The first-order valence-corrected chi connectivity index (χ1v) is 7.88. The van der Waals surface area contributed by atoms with Crippen LogP contribution in [0.2, 0.25) is 5.28 Å². The van der Waals surface area contributed by atoms with Crippen LogP contribution >= 0.6 is 11.6 Å². The molecule has 4 rings (SSSR count). The van der Waals surface area contributed by atoms with Crippen molar-refractivity contribution in [2.75, 3.05) is 5.32 Å². The van der Waals surface area contributed by atoms with Gasteiger partial charge in [-0.3, -0.25) is 0 Å². The summed E-state index contributed by atoms with van der Waals surface area (Å²) in [6, 6.07) is 16.9. The maximum atomic E-state index is 6.10. The molecule has 1 aliphatic rings. The third kappa shape index (κ3) is 2.42. The second kappa shape index (κ2) is 5.25. The molecule has 0 amide bonds. The van der Waals surface area contributed by atoms with Crippen LogP contribution in [0.1, 0.15) is 13.3 Å². The Morgan fingerprint density at radius 3 is 2.55 bits per heavy atom. The van der Waals surface area contributed by atoms with Crippen LogP contribution in [-0.4, -0.2) is 16.0 Å². The van der Waals surface area contributed by atoms with E-state index in [0.29, 0.717) is 12.0 Å². The number of nitrogens with one attached hydrogen (secondary N) is 1. The average molecular weight is 310 g/mol. The van der Waals surface area contributed by atoms with Gasteiger partial charge in [-0.05, 0) is 41.1 Å². The van der Waals surface area contributed by atoms with Crippen molar-refractivity contribution in [1.82, 2.24) is 9.97 Å². The lowest BCUT2D eigenvalue weighted by Crippen LogP contribution is -2.07. The Labute approximate surface area is 134 Å². The van der Waals surface area contributed by atoms with Gasteiger partial charge in [-0.1, -0.05) is 49.4 Å². The van der Waals surface area contributed by atoms with E-state index >= 15 is 0 Å². The van der Waals surface area contributed by atoms with Gasteiger partial charge in [0.05, 0.1) is 10.9 Å². The second-order valence-electron chi connectivity index (χ2n) is 5.87. The van der Waals surface area contributed by atoms with Crippen LogP contribution in [0.4, 0.5) is 5.82 Å². The topological polar surface area (TPSA) is 37.8 Å². The quantitative estimate of drug-likeness (QED) is 0.708. The molecule has 22 heavy (non-hydrogen) atoms. The van der Waals surface area contributed by atoms with Crippen molar-refractivity contribution < 1.29 is 0 Å². The van der Waals surface area contributed by atoms with E-state index in [2.05, 4.69) is 40.4 Å². The molecule has 1 aliphatic carbocycles. The number of hydrogen-bond acceptors (Lipinski definition) is 3. The Kier molecular flexibility index (Phi) is 3.23. The highest BCUT2D eigenvalue weighted by Crippen LogP contribution is 2.37. The molecular formula is C18H16ClN3. The van der Waals surface area contributed by atoms with Crippen molar-refractivity contribution in [1.29, 1.82) is 0 Å². The molecule has 1 N–H and O–H groups in total. The third-order valence-corrected chi connectivity index (χ3v) is 4.38. The van der Waals surface area contributed by atoms with Crippen LogP contribution in [0, 0.1) is 5.92 Å². The van der Waals surface area contributed by atoms with Gasteiger partial charge < -0.3 is 5.32 Å². The predicted molar refractivity (Wildman–Crippen MR) is 91.2 cm³/mol. The fraction of sp³-hybridized carbons (Fsp3) is 0.222. The number of benzene rings is 2. The Bertz CT molecular complexity index is 832. The lowest BCUT2D eigenvalue weighted by Gasteiger charge is -2.12. The molecule has 0 saturated heterocycles. The van der Waals surface area contributed by atoms with E-state index in [9.17, 15) is 0 Å². The fourth-order valence-electron chi connectivity index (χ4n) is 2.82. The minimum Gasteiger partial charge on any atom is -0.366 e. The van der Waals surface area contributed by atoms with E-state index in [1.54, 1.807) is 0 Å². The summed E-state index contributed by atoms with van der Waals surface area (Å²) in [6.45, 7) is 2.24. The number of rotatable bonds is 3. The summed E-state index contributed by atoms with van der Waals surface area (Å²) in [4.78, 5) is 8.83. The normalized spacial score (nSPS) is 20.1. The van der Waals surface area contributed by atoms with Gasteiger partial charge in [-0.25, -0.2) is 9.97 Å². The lowest BCUT2D eigenvalue weighted by molar-refractivity contribution is 0.924. The molecule has 3 aromatic rings. The standard InChI is InChI=1S/C18H16ClN3/c1-11-10-15(11)20-17-16-13(12-6-3-2-4-7-12)8-5-9-14(16)21-18(19)22-17/h2-9,11,15H,10H2,1H3,(H,20,21,22). The van der Waals surface area contributed by atoms with Crippen molar-refractivity contribution in [2.45, 2.75) is 19.4 Å². The molecule has 2 aromatic carbocycles. The van der Waals surface area contributed by atoms with E-state index in [1.165, 1.54) is 6.42 Å². The van der Waals surface area contributed by atoms with Crippen LogP contribution < -0.4 is 5.32 Å². The predicted octanol–water partition coefficient (Wildman–Crippen LogP) is 4.77. The molecule has 0 aliphatic heterocycles. The van der Waals surface area contributed by atoms with Crippen LogP contribution in [0.3, 0.4) is 0 Å². The van der Waals surface area contributed by atoms with Gasteiger partial charge in [0.25, 0.3) is 0 Å². The number of anilines is 1. The fourth-order valence-corrected chi connectivity index (χ4v) is 2.99. The number of aromatic nitrogens is 2. The molecule has 1 fully saturated rings. The molecule has 1 aromatic heterocycles. The van der Waals surface area contributed by atoms with E-state index in [-0.39, 0.29) is 5.28 Å². The van der Waals surface area contributed by atoms with Crippen LogP contribution in [0.25, 0.3) is 22.0 Å². The van der Waals surface area contributed by atoms with Gasteiger partial charge in [0, 0.05) is 6.04 Å². The maximum Gasteiger partial charge on any atom is 0.224 e. The first-order chi connectivity index (χ1) is 10.7. The summed E-state index contributed by atoms with van der Waals surface area (Å²) < 4.78 is 0. The monoisotopic (exact) mass is 309 g/mol. The van der Waals surface area contributed by atoms with Crippen molar-refractivity contribution in [3.8, 4) is 11.1 Å². The zero-order chi connectivity index (χ0) is 15.1. The van der Waals surface area contributed by atoms with Gasteiger partial charge in [0.2, 0.25) is 5.28 Å². The highest BCUT2D eigenvalue weighted by molar-refractivity contribution is 6.29. The molecule has 2 unspecified atom stereocenters. The molecule has 1 heterocycles. The first kappa shape index (κ1) is 13.5. The van der Waals surface area contributed by atoms with E-state index < -0.39 is 0 Å². The summed E-state index contributed by atoms with van der Waals surface area (Å²) in [5.74, 6) is 1.52. The maximum absolute atomic E-state index is 6.10. The van der Waals surface area contributed by atoms with E-state index in [4.69, 9.17) is 11.6 Å². The summed E-state index contributed by atoms with van der Waals surface area (Å²) in [7, 11) is 0. The third-order valence-electron chi connectivity index (χ3n) is 4.21. The summed E-state index contributed by atoms with van der Waals surface area (Å²) in [5, 5.41) is 4.85. The first-order valence-electron chi connectivity index (χ1n) is 7.50. The lowest BCUT2D eigenvalue weighted by atomic mass is 10.0. The number of hydrogen-bond donors (Lipinski definition) is 1.